The van der Waals surface area contributed by atoms with Crippen molar-refractivity contribution in [3.8, 4) is 11.6 Å². The molecular formula is C15H14BrN3O. The molecular weight excluding hydrogens is 318 g/mol. The van der Waals surface area contributed by atoms with Gasteiger partial charge in [-0.05, 0) is 29.7 Å². The number of rotatable bonds is 3. The molecule has 5 heteroatoms. The summed E-state index contributed by atoms with van der Waals surface area (Å²) in [5.41, 5.74) is 1.92. The van der Waals surface area contributed by atoms with Gasteiger partial charge in [0.2, 0.25) is 5.88 Å². The van der Waals surface area contributed by atoms with Gasteiger partial charge in [0, 0.05) is 22.8 Å². The van der Waals surface area contributed by atoms with Gasteiger partial charge in [-0.3, -0.25) is 0 Å². The summed E-state index contributed by atoms with van der Waals surface area (Å²) in [7, 11) is 0. The number of hydrogen-bond acceptors (Lipinski definition) is 3. The Bertz CT molecular complexity index is 752. The molecule has 3 aromatic rings. The average Bonchev–Trinajstić information content (AvgIpc) is 2.88. The van der Waals surface area contributed by atoms with E-state index in [0.717, 1.165) is 21.4 Å². The molecule has 1 aromatic carbocycles. The Labute approximate surface area is 125 Å². The van der Waals surface area contributed by atoms with E-state index >= 15 is 0 Å². The summed E-state index contributed by atoms with van der Waals surface area (Å²) in [4.78, 5) is 4.42. The Kier molecular flexibility index (Phi) is 3.44. The zero-order valence-corrected chi connectivity index (χ0v) is 12.8. The highest BCUT2D eigenvalue weighted by atomic mass is 79.9. The first-order valence-corrected chi connectivity index (χ1v) is 7.20. The Balaban J connectivity index is 1.97. The number of aromatic nitrogens is 3. The normalized spacial score (nSPS) is 11.2. The molecule has 3 rings (SSSR count). The SMILES string of the molecule is CC(C)c1cc(Br)ccc1Oc1ccn2nccc2n1. The maximum Gasteiger partial charge on any atom is 0.222 e. The Morgan fingerprint density at radius 3 is 2.85 bits per heavy atom. The van der Waals surface area contributed by atoms with Crippen LogP contribution < -0.4 is 4.74 Å². The lowest BCUT2D eigenvalue weighted by Gasteiger charge is -2.13. The van der Waals surface area contributed by atoms with Crippen molar-refractivity contribution >= 4 is 21.6 Å². The highest BCUT2D eigenvalue weighted by Crippen LogP contribution is 2.32. The van der Waals surface area contributed by atoms with Gasteiger partial charge in [-0.15, -0.1) is 0 Å². The highest BCUT2D eigenvalue weighted by molar-refractivity contribution is 9.10. The fraction of sp³-hybridized carbons (Fsp3) is 0.200. The molecule has 4 nitrogen and oxygen atoms in total. The number of ether oxygens (including phenoxy) is 1. The molecule has 0 unspecified atom stereocenters. The molecule has 0 bridgehead atoms. The monoisotopic (exact) mass is 331 g/mol. The van der Waals surface area contributed by atoms with Crippen LogP contribution in [0.2, 0.25) is 0 Å². The highest BCUT2D eigenvalue weighted by Gasteiger charge is 2.10. The van der Waals surface area contributed by atoms with Crippen LogP contribution in [0.25, 0.3) is 5.65 Å². The van der Waals surface area contributed by atoms with E-state index in [0.29, 0.717) is 11.8 Å². The molecule has 0 saturated heterocycles. The Morgan fingerprint density at radius 2 is 2.05 bits per heavy atom. The summed E-state index contributed by atoms with van der Waals surface area (Å²) in [6.45, 7) is 4.28. The lowest BCUT2D eigenvalue weighted by atomic mass is 10.0. The maximum absolute atomic E-state index is 5.93. The number of nitrogens with zero attached hydrogens (tertiary/aromatic N) is 3. The minimum Gasteiger partial charge on any atom is -0.439 e. The smallest absolute Gasteiger partial charge is 0.222 e. The number of fused-ring (bicyclic) bond motifs is 1. The third-order valence-electron chi connectivity index (χ3n) is 3.04. The molecule has 0 radical (unpaired) electrons. The molecule has 20 heavy (non-hydrogen) atoms. The largest absolute Gasteiger partial charge is 0.439 e. The lowest BCUT2D eigenvalue weighted by molar-refractivity contribution is 0.454. The van der Waals surface area contributed by atoms with Crippen molar-refractivity contribution in [2.45, 2.75) is 19.8 Å². The van der Waals surface area contributed by atoms with E-state index in [1.54, 1.807) is 10.7 Å². The maximum atomic E-state index is 5.93. The number of halogens is 1. The van der Waals surface area contributed by atoms with E-state index in [4.69, 9.17) is 4.74 Å². The van der Waals surface area contributed by atoms with E-state index in [2.05, 4.69) is 45.9 Å². The second-order valence-electron chi connectivity index (χ2n) is 4.84. The predicted octanol–water partition coefficient (Wildman–Crippen LogP) is 4.41. The fourth-order valence-corrected chi connectivity index (χ4v) is 2.41. The molecule has 0 aliphatic carbocycles. The zero-order valence-electron chi connectivity index (χ0n) is 11.2. The Hall–Kier alpha value is -1.88. The minimum absolute atomic E-state index is 0.376. The van der Waals surface area contributed by atoms with Gasteiger partial charge in [-0.1, -0.05) is 29.8 Å². The average molecular weight is 332 g/mol. The first-order valence-electron chi connectivity index (χ1n) is 6.41. The minimum atomic E-state index is 0.376. The summed E-state index contributed by atoms with van der Waals surface area (Å²) >= 11 is 3.49. The molecule has 0 atom stereocenters. The van der Waals surface area contributed by atoms with E-state index in [1.807, 2.05) is 30.5 Å². The molecule has 102 valence electrons. The van der Waals surface area contributed by atoms with Crippen LogP contribution in [0.3, 0.4) is 0 Å². The number of benzene rings is 1. The first-order chi connectivity index (χ1) is 9.63. The van der Waals surface area contributed by atoms with Gasteiger partial charge >= 0.3 is 0 Å². The van der Waals surface area contributed by atoms with Gasteiger partial charge in [0.25, 0.3) is 0 Å². The third-order valence-corrected chi connectivity index (χ3v) is 3.53. The van der Waals surface area contributed by atoms with E-state index in [-0.39, 0.29) is 0 Å². The molecule has 0 spiro atoms. The van der Waals surface area contributed by atoms with Crippen LogP contribution in [0, 0.1) is 0 Å². The van der Waals surface area contributed by atoms with Crippen LogP contribution >= 0.6 is 15.9 Å². The van der Waals surface area contributed by atoms with Crippen LogP contribution in [-0.2, 0) is 0 Å². The summed E-state index contributed by atoms with van der Waals surface area (Å²) in [6.07, 6.45) is 3.55. The summed E-state index contributed by atoms with van der Waals surface area (Å²) in [6, 6.07) is 9.67. The topological polar surface area (TPSA) is 39.4 Å². The molecule has 2 aromatic heterocycles. The standard InChI is InChI=1S/C15H14BrN3O/c1-10(2)12-9-11(16)3-4-13(12)20-15-6-8-19-14(18-15)5-7-17-19/h3-10H,1-2H3. The lowest BCUT2D eigenvalue weighted by Crippen LogP contribution is -1.97. The van der Waals surface area contributed by atoms with Crippen molar-refractivity contribution in [3.63, 3.8) is 0 Å². The number of hydrogen-bond donors (Lipinski definition) is 0. The quantitative estimate of drug-likeness (QED) is 0.713. The van der Waals surface area contributed by atoms with Crippen LogP contribution in [0.5, 0.6) is 11.6 Å². The fourth-order valence-electron chi connectivity index (χ4n) is 2.03. The third kappa shape index (κ3) is 2.54. The molecule has 0 aliphatic heterocycles. The van der Waals surface area contributed by atoms with Gasteiger partial charge in [-0.25, -0.2) is 4.52 Å². The molecule has 0 fully saturated rings. The molecule has 0 N–H and O–H groups in total. The first kappa shape index (κ1) is 13.1. The zero-order chi connectivity index (χ0) is 14.1. The van der Waals surface area contributed by atoms with Crippen molar-refractivity contribution in [2.24, 2.45) is 0 Å². The van der Waals surface area contributed by atoms with Crippen LogP contribution in [-0.4, -0.2) is 14.6 Å². The van der Waals surface area contributed by atoms with E-state index in [9.17, 15) is 0 Å². The van der Waals surface area contributed by atoms with Crippen molar-refractivity contribution < 1.29 is 4.74 Å². The summed E-state index contributed by atoms with van der Waals surface area (Å²) < 4.78 is 8.69. The molecule has 0 aliphatic rings. The Morgan fingerprint density at radius 1 is 1.20 bits per heavy atom. The summed E-state index contributed by atoms with van der Waals surface area (Å²) in [5, 5.41) is 4.12. The van der Waals surface area contributed by atoms with Gasteiger partial charge in [0.05, 0.1) is 6.20 Å². The molecule has 0 amide bonds. The van der Waals surface area contributed by atoms with Crippen LogP contribution in [0.15, 0.2) is 47.2 Å². The van der Waals surface area contributed by atoms with E-state index in [1.165, 1.54) is 0 Å². The van der Waals surface area contributed by atoms with Gasteiger partial charge in [-0.2, -0.15) is 10.1 Å². The van der Waals surface area contributed by atoms with Crippen molar-refractivity contribution in [1.29, 1.82) is 0 Å². The van der Waals surface area contributed by atoms with Gasteiger partial charge in [0.15, 0.2) is 5.65 Å². The van der Waals surface area contributed by atoms with Crippen molar-refractivity contribution in [3.05, 3.63) is 52.8 Å². The van der Waals surface area contributed by atoms with Crippen LogP contribution in [0.4, 0.5) is 0 Å². The van der Waals surface area contributed by atoms with E-state index < -0.39 is 0 Å². The van der Waals surface area contributed by atoms with Crippen LogP contribution in [0.1, 0.15) is 25.3 Å². The van der Waals surface area contributed by atoms with Crippen molar-refractivity contribution in [2.75, 3.05) is 0 Å². The van der Waals surface area contributed by atoms with Crippen molar-refractivity contribution in [1.82, 2.24) is 14.6 Å². The predicted molar refractivity (Wildman–Crippen MR) is 81.3 cm³/mol. The summed E-state index contributed by atoms with van der Waals surface area (Å²) in [5.74, 6) is 1.78. The second-order valence-corrected chi connectivity index (χ2v) is 5.75. The second kappa shape index (κ2) is 5.25. The van der Waals surface area contributed by atoms with Gasteiger partial charge < -0.3 is 4.74 Å². The molecule has 2 heterocycles. The van der Waals surface area contributed by atoms with Gasteiger partial charge in [0.1, 0.15) is 5.75 Å². The molecule has 0 saturated carbocycles.